The van der Waals surface area contributed by atoms with Crippen molar-refractivity contribution >= 4 is 23.3 Å². The minimum absolute atomic E-state index is 0.0214. The maximum Gasteiger partial charge on any atom is 0.344 e. The third-order valence-corrected chi connectivity index (χ3v) is 3.81. The molecule has 0 unspecified atom stereocenters. The number of ether oxygens (including phenoxy) is 2. The second-order valence-corrected chi connectivity index (χ2v) is 5.90. The molecule has 7 nitrogen and oxygen atoms in total. The lowest BCUT2D eigenvalue weighted by atomic mass is 10.1. The summed E-state index contributed by atoms with van der Waals surface area (Å²) in [5, 5.41) is 11.4. The number of hydrogen-bond donors (Lipinski definition) is 1. The standard InChI is InChI=1S/C21H20N2O5/c1-3-19(24)16-6-10-18(11-7-16)27-13-20(25)28-14(2)21(26)23-17-8-4-15(12-22)5-9-17/h4-11,14H,3,13H2,1-2H3,(H,23,26)/t14-/m1/s1. The van der Waals surface area contributed by atoms with E-state index in [9.17, 15) is 14.4 Å². The maximum absolute atomic E-state index is 12.1. The molecule has 0 spiro atoms. The second-order valence-electron chi connectivity index (χ2n) is 5.90. The van der Waals surface area contributed by atoms with Gasteiger partial charge in [0.2, 0.25) is 0 Å². The molecule has 0 aliphatic carbocycles. The Labute approximate surface area is 162 Å². The molecule has 0 radical (unpaired) electrons. The van der Waals surface area contributed by atoms with Gasteiger partial charge in [0.15, 0.2) is 18.5 Å². The number of nitrogens with zero attached hydrogens (tertiary/aromatic N) is 1. The molecule has 0 aliphatic heterocycles. The fourth-order valence-corrected chi connectivity index (χ4v) is 2.24. The maximum atomic E-state index is 12.1. The van der Waals surface area contributed by atoms with Crippen LogP contribution in [0.3, 0.4) is 0 Å². The highest BCUT2D eigenvalue weighted by atomic mass is 16.6. The molecule has 1 atom stereocenters. The lowest BCUT2D eigenvalue weighted by molar-refractivity contribution is -0.155. The summed E-state index contributed by atoms with van der Waals surface area (Å²) in [6.45, 7) is 2.86. The van der Waals surface area contributed by atoms with Crippen molar-refractivity contribution in [2.24, 2.45) is 0 Å². The van der Waals surface area contributed by atoms with Crippen molar-refractivity contribution in [1.29, 1.82) is 5.26 Å². The van der Waals surface area contributed by atoms with Crippen LogP contribution in [0, 0.1) is 11.3 Å². The molecule has 28 heavy (non-hydrogen) atoms. The van der Waals surface area contributed by atoms with Crippen molar-refractivity contribution in [1.82, 2.24) is 0 Å². The number of Topliss-reactive ketones (excluding diaryl/α,β-unsaturated/α-hetero) is 1. The van der Waals surface area contributed by atoms with Crippen LogP contribution in [0.1, 0.15) is 36.2 Å². The Morgan fingerprint density at radius 3 is 2.29 bits per heavy atom. The van der Waals surface area contributed by atoms with E-state index in [1.807, 2.05) is 6.07 Å². The van der Waals surface area contributed by atoms with E-state index < -0.39 is 18.0 Å². The molecule has 0 aliphatic rings. The van der Waals surface area contributed by atoms with E-state index in [0.29, 0.717) is 29.0 Å². The topological polar surface area (TPSA) is 105 Å². The average Bonchev–Trinajstić information content (AvgIpc) is 2.72. The van der Waals surface area contributed by atoms with Gasteiger partial charge < -0.3 is 14.8 Å². The summed E-state index contributed by atoms with van der Waals surface area (Å²) in [6, 6.07) is 14.7. The van der Waals surface area contributed by atoms with Crippen LogP contribution in [0.4, 0.5) is 5.69 Å². The first-order valence-corrected chi connectivity index (χ1v) is 8.69. The van der Waals surface area contributed by atoms with E-state index in [1.54, 1.807) is 55.5 Å². The largest absolute Gasteiger partial charge is 0.482 e. The summed E-state index contributed by atoms with van der Waals surface area (Å²) >= 11 is 0. The first-order chi connectivity index (χ1) is 13.4. The normalized spacial score (nSPS) is 11.0. The van der Waals surface area contributed by atoms with Gasteiger partial charge in [-0.25, -0.2) is 4.79 Å². The Kier molecular flexibility index (Phi) is 7.28. The van der Waals surface area contributed by atoms with Crippen molar-refractivity contribution in [3.63, 3.8) is 0 Å². The van der Waals surface area contributed by atoms with Gasteiger partial charge in [-0.05, 0) is 55.5 Å². The number of carbonyl (C=O) groups is 3. The van der Waals surface area contributed by atoms with Crippen molar-refractivity contribution < 1.29 is 23.9 Å². The Morgan fingerprint density at radius 1 is 1.07 bits per heavy atom. The molecule has 0 saturated heterocycles. The minimum atomic E-state index is -1.02. The number of nitriles is 1. The summed E-state index contributed by atoms with van der Waals surface area (Å²) in [4.78, 5) is 35.5. The van der Waals surface area contributed by atoms with Gasteiger partial charge in [0.1, 0.15) is 5.75 Å². The monoisotopic (exact) mass is 380 g/mol. The SMILES string of the molecule is CCC(=O)c1ccc(OCC(=O)O[C@H](C)C(=O)Nc2ccc(C#N)cc2)cc1. The fourth-order valence-electron chi connectivity index (χ4n) is 2.24. The molecule has 0 bridgehead atoms. The van der Waals surface area contributed by atoms with Gasteiger partial charge in [0.25, 0.3) is 5.91 Å². The number of esters is 1. The molecular weight excluding hydrogens is 360 g/mol. The third-order valence-electron chi connectivity index (χ3n) is 3.81. The molecule has 2 aromatic rings. The van der Waals surface area contributed by atoms with E-state index in [2.05, 4.69) is 5.32 Å². The lowest BCUT2D eigenvalue weighted by Gasteiger charge is -2.14. The van der Waals surface area contributed by atoms with Crippen LogP contribution in [0.25, 0.3) is 0 Å². The van der Waals surface area contributed by atoms with Gasteiger partial charge in [0, 0.05) is 17.7 Å². The van der Waals surface area contributed by atoms with E-state index >= 15 is 0 Å². The average molecular weight is 380 g/mol. The van der Waals surface area contributed by atoms with Gasteiger partial charge in [-0.3, -0.25) is 9.59 Å². The Morgan fingerprint density at radius 2 is 1.71 bits per heavy atom. The lowest BCUT2D eigenvalue weighted by Crippen LogP contribution is -2.31. The van der Waals surface area contributed by atoms with Gasteiger partial charge in [-0.2, -0.15) is 5.26 Å². The smallest absolute Gasteiger partial charge is 0.344 e. The third kappa shape index (κ3) is 5.95. The number of carbonyl (C=O) groups excluding carboxylic acids is 3. The second kappa shape index (κ2) is 9.88. The number of anilines is 1. The zero-order chi connectivity index (χ0) is 20.5. The van der Waals surface area contributed by atoms with Crippen molar-refractivity contribution in [2.45, 2.75) is 26.4 Å². The van der Waals surface area contributed by atoms with E-state index in [1.165, 1.54) is 6.92 Å². The van der Waals surface area contributed by atoms with Crippen LogP contribution in [0.2, 0.25) is 0 Å². The fraction of sp³-hybridized carbons (Fsp3) is 0.238. The number of nitrogens with one attached hydrogen (secondary N) is 1. The molecule has 0 fully saturated rings. The number of hydrogen-bond acceptors (Lipinski definition) is 6. The highest BCUT2D eigenvalue weighted by molar-refractivity contribution is 5.96. The summed E-state index contributed by atoms with van der Waals surface area (Å²) in [5.41, 5.74) is 1.54. The summed E-state index contributed by atoms with van der Waals surface area (Å²) < 4.78 is 10.4. The molecule has 0 saturated carbocycles. The number of benzene rings is 2. The van der Waals surface area contributed by atoms with Crippen LogP contribution < -0.4 is 10.1 Å². The van der Waals surface area contributed by atoms with E-state index in [0.717, 1.165) is 0 Å². The first-order valence-electron chi connectivity index (χ1n) is 8.69. The van der Waals surface area contributed by atoms with E-state index in [4.69, 9.17) is 14.7 Å². The van der Waals surface area contributed by atoms with Gasteiger partial charge in [0.05, 0.1) is 11.6 Å². The van der Waals surface area contributed by atoms with Gasteiger partial charge >= 0.3 is 5.97 Å². The van der Waals surface area contributed by atoms with Gasteiger partial charge in [-0.15, -0.1) is 0 Å². The Bertz CT molecular complexity index is 883. The van der Waals surface area contributed by atoms with Crippen LogP contribution >= 0.6 is 0 Å². The quantitative estimate of drug-likeness (QED) is 0.557. The molecule has 144 valence electrons. The predicted molar refractivity (Wildman–Crippen MR) is 102 cm³/mol. The Hall–Kier alpha value is -3.66. The van der Waals surface area contributed by atoms with Crippen LogP contribution in [0.5, 0.6) is 5.75 Å². The highest BCUT2D eigenvalue weighted by Crippen LogP contribution is 2.14. The molecule has 0 heterocycles. The zero-order valence-electron chi connectivity index (χ0n) is 15.6. The van der Waals surface area contributed by atoms with Crippen LogP contribution in [0.15, 0.2) is 48.5 Å². The molecule has 0 aromatic heterocycles. The highest BCUT2D eigenvalue weighted by Gasteiger charge is 2.18. The van der Waals surface area contributed by atoms with Crippen LogP contribution in [-0.4, -0.2) is 30.4 Å². The van der Waals surface area contributed by atoms with Crippen molar-refractivity contribution in [3.8, 4) is 11.8 Å². The molecule has 7 heteroatoms. The van der Waals surface area contributed by atoms with Crippen molar-refractivity contribution in [2.75, 3.05) is 11.9 Å². The van der Waals surface area contributed by atoms with Crippen molar-refractivity contribution in [3.05, 3.63) is 59.7 Å². The van der Waals surface area contributed by atoms with E-state index in [-0.39, 0.29) is 12.4 Å². The summed E-state index contributed by atoms with van der Waals surface area (Å²) in [5.74, 6) is -0.760. The number of ketones is 1. The summed E-state index contributed by atoms with van der Waals surface area (Å²) in [6.07, 6.45) is -0.606. The Balaban J connectivity index is 1.80. The first kappa shape index (κ1) is 20.6. The molecule has 1 N–H and O–H groups in total. The molecule has 1 amide bonds. The molecule has 2 aromatic carbocycles. The van der Waals surface area contributed by atoms with Gasteiger partial charge in [-0.1, -0.05) is 6.92 Å². The number of amides is 1. The minimum Gasteiger partial charge on any atom is -0.482 e. The summed E-state index contributed by atoms with van der Waals surface area (Å²) in [7, 11) is 0. The number of rotatable bonds is 8. The molecular formula is C21H20N2O5. The molecule has 2 rings (SSSR count). The predicted octanol–water partition coefficient (Wildman–Crippen LogP) is 3.10. The van der Waals surface area contributed by atoms with Crippen LogP contribution in [-0.2, 0) is 14.3 Å². The zero-order valence-corrected chi connectivity index (χ0v) is 15.6.